The Morgan fingerprint density at radius 2 is 2.26 bits per heavy atom. The zero-order valence-electron chi connectivity index (χ0n) is 13.8. The number of rotatable bonds is 6. The molecule has 0 saturated carbocycles. The van der Waals surface area contributed by atoms with Crippen LogP contribution in [0.2, 0.25) is 0 Å². The van der Waals surface area contributed by atoms with Gasteiger partial charge in [-0.25, -0.2) is 12.7 Å². The van der Waals surface area contributed by atoms with Crippen LogP contribution >= 0.6 is 0 Å². The molecule has 3 heterocycles. The summed E-state index contributed by atoms with van der Waals surface area (Å²) in [5.41, 5.74) is 0. The van der Waals surface area contributed by atoms with Gasteiger partial charge in [0.25, 0.3) is 0 Å². The van der Waals surface area contributed by atoms with Crippen LogP contribution in [0.25, 0.3) is 0 Å². The number of nitrogens with zero attached hydrogens (tertiary/aromatic N) is 2. The molecule has 3 atom stereocenters. The van der Waals surface area contributed by atoms with Crippen molar-refractivity contribution in [3.8, 4) is 0 Å². The lowest BCUT2D eigenvalue weighted by atomic mass is 9.85. The summed E-state index contributed by atoms with van der Waals surface area (Å²) in [6.45, 7) is 5.23. The fourth-order valence-corrected chi connectivity index (χ4v) is 4.81. The average Bonchev–Trinajstić information content (AvgIpc) is 3.17. The highest BCUT2D eigenvalue weighted by Crippen LogP contribution is 2.35. The molecule has 0 spiro atoms. The maximum atomic E-state index is 12.1. The van der Waals surface area contributed by atoms with Gasteiger partial charge in [-0.3, -0.25) is 4.90 Å². The molecule has 2 fully saturated rings. The fourth-order valence-electron chi connectivity index (χ4n) is 3.66. The van der Waals surface area contributed by atoms with Gasteiger partial charge in [0.05, 0.1) is 31.3 Å². The molecule has 0 amide bonds. The van der Waals surface area contributed by atoms with Crippen LogP contribution in [0.4, 0.5) is 0 Å². The second kappa shape index (κ2) is 6.93. The molecule has 1 aromatic rings. The average molecular weight is 342 g/mol. The van der Waals surface area contributed by atoms with Crippen LogP contribution < -0.4 is 0 Å². The van der Waals surface area contributed by atoms with Crippen molar-refractivity contribution >= 4 is 10.0 Å². The first-order valence-corrected chi connectivity index (χ1v) is 9.91. The largest absolute Gasteiger partial charge is 0.468 e. The third-order valence-corrected chi connectivity index (χ3v) is 6.87. The minimum absolute atomic E-state index is 0.0924. The van der Waals surface area contributed by atoms with Crippen molar-refractivity contribution in [3.63, 3.8) is 0 Å². The first-order valence-electron chi connectivity index (χ1n) is 8.30. The van der Waals surface area contributed by atoms with Crippen LogP contribution in [0.1, 0.15) is 19.1 Å². The van der Waals surface area contributed by atoms with E-state index in [0.29, 0.717) is 24.9 Å². The molecule has 2 aliphatic rings. The Hall–Kier alpha value is -0.890. The number of hydrogen-bond donors (Lipinski definition) is 0. The van der Waals surface area contributed by atoms with E-state index in [0.717, 1.165) is 31.9 Å². The SMILES string of the molecule is CCS(=O)(=O)N1CC[C@H]2CO[C@H](CN(C)Cc3ccco3)[C@H]2C1. The van der Waals surface area contributed by atoms with E-state index in [1.165, 1.54) is 0 Å². The van der Waals surface area contributed by atoms with Crippen molar-refractivity contribution in [2.45, 2.75) is 26.0 Å². The molecular weight excluding hydrogens is 316 g/mol. The van der Waals surface area contributed by atoms with Crippen LogP contribution in [0.15, 0.2) is 22.8 Å². The van der Waals surface area contributed by atoms with Crippen molar-refractivity contribution in [2.75, 3.05) is 39.0 Å². The molecule has 0 aliphatic carbocycles. The molecule has 0 radical (unpaired) electrons. The van der Waals surface area contributed by atoms with Gasteiger partial charge in [-0.15, -0.1) is 0 Å². The Bertz CT molecular complexity index is 602. The van der Waals surface area contributed by atoms with Crippen molar-refractivity contribution in [2.24, 2.45) is 11.8 Å². The van der Waals surface area contributed by atoms with Crippen LogP contribution in [0.5, 0.6) is 0 Å². The molecule has 7 heteroatoms. The summed E-state index contributed by atoms with van der Waals surface area (Å²) >= 11 is 0. The molecule has 2 aliphatic heterocycles. The Labute approximate surface area is 138 Å². The van der Waals surface area contributed by atoms with Gasteiger partial charge in [-0.1, -0.05) is 0 Å². The minimum atomic E-state index is -3.10. The fraction of sp³-hybridized carbons (Fsp3) is 0.750. The summed E-state index contributed by atoms with van der Waals surface area (Å²) in [4.78, 5) is 2.18. The Morgan fingerprint density at radius 3 is 2.96 bits per heavy atom. The van der Waals surface area contributed by atoms with Crippen LogP contribution in [0, 0.1) is 11.8 Å². The summed E-state index contributed by atoms with van der Waals surface area (Å²) in [6.07, 6.45) is 2.68. The zero-order chi connectivity index (χ0) is 16.4. The monoisotopic (exact) mass is 342 g/mol. The smallest absolute Gasteiger partial charge is 0.213 e. The maximum Gasteiger partial charge on any atom is 0.213 e. The van der Waals surface area contributed by atoms with Crippen molar-refractivity contribution in [1.29, 1.82) is 0 Å². The highest BCUT2D eigenvalue weighted by molar-refractivity contribution is 7.89. The van der Waals surface area contributed by atoms with Gasteiger partial charge in [0.15, 0.2) is 0 Å². The normalized spacial score (nSPS) is 29.1. The molecule has 0 N–H and O–H groups in total. The van der Waals surface area contributed by atoms with Gasteiger partial charge in [0.2, 0.25) is 10.0 Å². The first kappa shape index (κ1) is 17.0. The minimum Gasteiger partial charge on any atom is -0.468 e. The predicted octanol–water partition coefficient (Wildman–Crippen LogP) is 1.40. The van der Waals surface area contributed by atoms with Gasteiger partial charge < -0.3 is 9.15 Å². The van der Waals surface area contributed by atoms with Gasteiger partial charge >= 0.3 is 0 Å². The molecule has 1 aromatic heterocycles. The van der Waals surface area contributed by atoms with E-state index >= 15 is 0 Å². The van der Waals surface area contributed by atoms with E-state index in [2.05, 4.69) is 4.90 Å². The van der Waals surface area contributed by atoms with Crippen molar-refractivity contribution in [1.82, 2.24) is 9.21 Å². The van der Waals surface area contributed by atoms with Crippen molar-refractivity contribution in [3.05, 3.63) is 24.2 Å². The summed E-state index contributed by atoms with van der Waals surface area (Å²) in [5.74, 6) is 1.89. The van der Waals surface area contributed by atoms with Gasteiger partial charge in [0.1, 0.15) is 5.76 Å². The van der Waals surface area contributed by atoms with E-state index in [9.17, 15) is 8.42 Å². The first-order chi connectivity index (χ1) is 11.0. The van der Waals surface area contributed by atoms with E-state index in [4.69, 9.17) is 9.15 Å². The Morgan fingerprint density at radius 1 is 1.43 bits per heavy atom. The maximum absolute atomic E-state index is 12.1. The van der Waals surface area contributed by atoms with Crippen LogP contribution in [-0.2, 0) is 21.3 Å². The van der Waals surface area contributed by atoms with E-state index in [-0.39, 0.29) is 11.9 Å². The molecule has 0 aromatic carbocycles. The topological polar surface area (TPSA) is 63.0 Å². The van der Waals surface area contributed by atoms with Crippen LogP contribution in [-0.4, -0.2) is 62.8 Å². The molecule has 130 valence electrons. The quantitative estimate of drug-likeness (QED) is 0.782. The van der Waals surface area contributed by atoms with E-state index < -0.39 is 10.0 Å². The molecule has 0 unspecified atom stereocenters. The number of sulfonamides is 1. The molecule has 3 rings (SSSR count). The summed E-state index contributed by atoms with van der Waals surface area (Å²) in [5, 5.41) is 0. The number of ether oxygens (including phenoxy) is 1. The summed E-state index contributed by atoms with van der Waals surface area (Å²) in [7, 11) is -1.06. The molecule has 2 saturated heterocycles. The third-order valence-electron chi connectivity index (χ3n) is 5.03. The number of likely N-dealkylation sites (N-methyl/N-ethyl adjacent to an activating group) is 1. The number of furan rings is 1. The lowest BCUT2D eigenvalue weighted by molar-refractivity contribution is 0.0544. The lowest BCUT2D eigenvalue weighted by Crippen LogP contribution is -2.47. The van der Waals surface area contributed by atoms with Gasteiger partial charge in [0, 0.05) is 25.6 Å². The lowest BCUT2D eigenvalue weighted by Gasteiger charge is -2.35. The predicted molar refractivity (Wildman–Crippen MR) is 87.4 cm³/mol. The standard InChI is InChI=1S/C16H26N2O4S/c1-3-23(19,20)18-7-6-13-12-22-16(15(13)10-18)11-17(2)9-14-5-4-8-21-14/h4-5,8,13,15-16H,3,6-7,9-12H2,1-2H3/t13-,15-,16+/m0/s1. The zero-order valence-corrected chi connectivity index (χ0v) is 14.7. The highest BCUT2D eigenvalue weighted by atomic mass is 32.2. The summed E-state index contributed by atoms with van der Waals surface area (Å²) in [6, 6.07) is 3.85. The number of piperidine rings is 1. The molecule has 23 heavy (non-hydrogen) atoms. The molecule has 0 bridgehead atoms. The number of hydrogen-bond acceptors (Lipinski definition) is 5. The van der Waals surface area contributed by atoms with Crippen LogP contribution in [0.3, 0.4) is 0 Å². The highest BCUT2D eigenvalue weighted by Gasteiger charge is 2.43. The second-order valence-corrected chi connectivity index (χ2v) is 8.88. The van der Waals surface area contributed by atoms with E-state index in [1.807, 2.05) is 19.2 Å². The molecule has 6 nitrogen and oxygen atoms in total. The van der Waals surface area contributed by atoms with Gasteiger partial charge in [-0.05, 0) is 38.4 Å². The van der Waals surface area contributed by atoms with Gasteiger partial charge in [-0.2, -0.15) is 0 Å². The second-order valence-electron chi connectivity index (χ2n) is 6.62. The Balaban J connectivity index is 1.60. The summed E-state index contributed by atoms with van der Waals surface area (Å²) < 4.78 is 37.3. The third kappa shape index (κ3) is 3.79. The number of fused-ring (bicyclic) bond motifs is 1. The van der Waals surface area contributed by atoms with E-state index in [1.54, 1.807) is 17.5 Å². The Kier molecular flexibility index (Phi) is 5.10. The molecular formula is C16H26N2O4S. The van der Waals surface area contributed by atoms with Crippen molar-refractivity contribution < 1.29 is 17.6 Å².